The molecular weight excluding hydrogens is 272 g/mol. The fraction of sp³-hybridized carbons (Fsp3) is 0.867. The van der Waals surface area contributed by atoms with Gasteiger partial charge in [0.25, 0.3) is 0 Å². The summed E-state index contributed by atoms with van der Waals surface area (Å²) in [6.45, 7) is 8.81. The average Bonchev–Trinajstić information content (AvgIpc) is 2.41. The van der Waals surface area contributed by atoms with Gasteiger partial charge in [-0.2, -0.15) is 0 Å². The average molecular weight is 302 g/mol. The van der Waals surface area contributed by atoms with E-state index in [1.165, 1.54) is 0 Å². The lowest BCUT2D eigenvalue weighted by Gasteiger charge is -2.31. The predicted octanol–water partition coefficient (Wildman–Crippen LogP) is 2.33. The van der Waals surface area contributed by atoms with Crippen LogP contribution in [0.25, 0.3) is 0 Å². The standard InChI is InChI=1S/C15H30N2O4/c1-6-12(7-2)17(8-9-21-5)15(20)16-13(14(18)19)10-11(3)4/h11-13H,6-10H2,1-5H3,(H,16,20)(H,18,19)/t13-/m0/s1. The molecule has 0 aromatic heterocycles. The van der Waals surface area contributed by atoms with Crippen molar-refractivity contribution in [3.05, 3.63) is 0 Å². The van der Waals surface area contributed by atoms with Crippen molar-refractivity contribution in [3.8, 4) is 0 Å². The second-order valence-electron chi connectivity index (χ2n) is 5.63. The zero-order valence-corrected chi connectivity index (χ0v) is 13.9. The van der Waals surface area contributed by atoms with Crippen LogP contribution in [0, 0.1) is 5.92 Å². The monoisotopic (exact) mass is 302 g/mol. The summed E-state index contributed by atoms with van der Waals surface area (Å²) in [5, 5.41) is 11.9. The maximum absolute atomic E-state index is 12.4. The quantitative estimate of drug-likeness (QED) is 0.649. The van der Waals surface area contributed by atoms with E-state index in [0.29, 0.717) is 19.6 Å². The summed E-state index contributed by atoms with van der Waals surface area (Å²) >= 11 is 0. The minimum atomic E-state index is -0.992. The number of aliphatic carboxylic acids is 1. The molecule has 2 amide bonds. The molecule has 0 bridgehead atoms. The van der Waals surface area contributed by atoms with Crippen molar-refractivity contribution < 1.29 is 19.4 Å². The number of nitrogens with one attached hydrogen (secondary N) is 1. The molecule has 0 aliphatic rings. The van der Waals surface area contributed by atoms with Gasteiger partial charge in [0.05, 0.1) is 6.61 Å². The van der Waals surface area contributed by atoms with E-state index >= 15 is 0 Å². The van der Waals surface area contributed by atoms with E-state index < -0.39 is 12.0 Å². The number of nitrogens with zero attached hydrogens (tertiary/aromatic N) is 1. The van der Waals surface area contributed by atoms with Gasteiger partial charge in [-0.1, -0.05) is 27.7 Å². The van der Waals surface area contributed by atoms with Gasteiger partial charge in [0.15, 0.2) is 0 Å². The first-order chi connectivity index (χ1) is 9.87. The lowest BCUT2D eigenvalue weighted by Crippen LogP contribution is -2.52. The van der Waals surface area contributed by atoms with Crippen LogP contribution in [-0.2, 0) is 9.53 Å². The largest absolute Gasteiger partial charge is 0.480 e. The maximum Gasteiger partial charge on any atom is 0.326 e. The molecule has 0 heterocycles. The van der Waals surface area contributed by atoms with Gasteiger partial charge in [-0.25, -0.2) is 9.59 Å². The molecule has 0 radical (unpaired) electrons. The molecule has 0 saturated heterocycles. The molecule has 124 valence electrons. The van der Waals surface area contributed by atoms with E-state index in [0.717, 1.165) is 12.8 Å². The zero-order valence-electron chi connectivity index (χ0n) is 13.9. The predicted molar refractivity (Wildman–Crippen MR) is 82.4 cm³/mol. The number of hydrogen-bond acceptors (Lipinski definition) is 3. The SMILES string of the molecule is CCC(CC)N(CCOC)C(=O)N[C@@H](CC(C)C)C(=O)O. The lowest BCUT2D eigenvalue weighted by molar-refractivity contribution is -0.139. The Hall–Kier alpha value is -1.30. The van der Waals surface area contributed by atoms with Crippen LogP contribution in [0.4, 0.5) is 4.79 Å². The van der Waals surface area contributed by atoms with Gasteiger partial charge < -0.3 is 20.1 Å². The van der Waals surface area contributed by atoms with Crippen molar-refractivity contribution in [2.24, 2.45) is 5.92 Å². The molecule has 0 spiro atoms. The Bertz CT molecular complexity index is 317. The zero-order chi connectivity index (χ0) is 16.4. The molecule has 6 nitrogen and oxygen atoms in total. The van der Waals surface area contributed by atoms with Crippen molar-refractivity contribution in [2.45, 2.75) is 59.0 Å². The number of hydrogen-bond donors (Lipinski definition) is 2. The molecule has 0 rings (SSSR count). The van der Waals surface area contributed by atoms with Gasteiger partial charge in [-0.05, 0) is 25.2 Å². The van der Waals surface area contributed by atoms with E-state index in [-0.39, 0.29) is 18.0 Å². The highest BCUT2D eigenvalue weighted by Crippen LogP contribution is 2.11. The minimum Gasteiger partial charge on any atom is -0.480 e. The van der Waals surface area contributed by atoms with Crippen molar-refractivity contribution >= 4 is 12.0 Å². The molecule has 21 heavy (non-hydrogen) atoms. The van der Waals surface area contributed by atoms with E-state index in [1.807, 2.05) is 27.7 Å². The topological polar surface area (TPSA) is 78.9 Å². The fourth-order valence-electron chi connectivity index (χ4n) is 2.29. The van der Waals surface area contributed by atoms with Gasteiger partial charge in [-0.3, -0.25) is 0 Å². The number of ether oxygens (including phenoxy) is 1. The highest BCUT2D eigenvalue weighted by molar-refractivity contribution is 5.82. The van der Waals surface area contributed by atoms with Crippen LogP contribution in [0.5, 0.6) is 0 Å². The highest BCUT2D eigenvalue weighted by atomic mass is 16.5. The van der Waals surface area contributed by atoms with Gasteiger partial charge in [0.2, 0.25) is 0 Å². The smallest absolute Gasteiger partial charge is 0.326 e. The highest BCUT2D eigenvalue weighted by Gasteiger charge is 2.26. The summed E-state index contributed by atoms with van der Waals surface area (Å²) in [5.74, 6) is -0.791. The molecule has 0 aromatic carbocycles. The summed E-state index contributed by atoms with van der Waals surface area (Å²) in [7, 11) is 1.59. The number of carboxylic acid groups (broad SMARTS) is 1. The van der Waals surface area contributed by atoms with Gasteiger partial charge in [-0.15, -0.1) is 0 Å². The van der Waals surface area contributed by atoms with Crippen molar-refractivity contribution in [1.29, 1.82) is 0 Å². The number of carbonyl (C=O) groups is 2. The second-order valence-corrected chi connectivity index (χ2v) is 5.63. The molecule has 6 heteroatoms. The number of methoxy groups -OCH3 is 1. The van der Waals surface area contributed by atoms with Gasteiger partial charge >= 0.3 is 12.0 Å². The molecule has 0 aliphatic carbocycles. The lowest BCUT2D eigenvalue weighted by atomic mass is 10.0. The molecule has 0 aliphatic heterocycles. The molecular formula is C15H30N2O4. The van der Waals surface area contributed by atoms with Crippen LogP contribution < -0.4 is 5.32 Å². The van der Waals surface area contributed by atoms with Gasteiger partial charge in [0.1, 0.15) is 6.04 Å². The van der Waals surface area contributed by atoms with Crippen molar-refractivity contribution in [1.82, 2.24) is 10.2 Å². The Morgan fingerprint density at radius 3 is 2.19 bits per heavy atom. The third-order valence-corrected chi connectivity index (χ3v) is 3.48. The third kappa shape index (κ3) is 7.32. The Kier molecular flexibility index (Phi) is 9.78. The first kappa shape index (κ1) is 19.7. The molecule has 2 N–H and O–H groups in total. The molecule has 0 fully saturated rings. The van der Waals surface area contributed by atoms with Crippen LogP contribution >= 0.6 is 0 Å². The Morgan fingerprint density at radius 1 is 1.24 bits per heavy atom. The van der Waals surface area contributed by atoms with Crippen LogP contribution in [0.3, 0.4) is 0 Å². The number of rotatable bonds is 10. The Balaban J connectivity index is 4.87. The maximum atomic E-state index is 12.4. The molecule has 1 atom stereocenters. The normalized spacial score (nSPS) is 12.5. The number of amides is 2. The molecule has 0 unspecified atom stereocenters. The van der Waals surface area contributed by atoms with Crippen molar-refractivity contribution in [2.75, 3.05) is 20.3 Å². The van der Waals surface area contributed by atoms with Crippen LogP contribution in [0.1, 0.15) is 47.0 Å². The van der Waals surface area contributed by atoms with Crippen molar-refractivity contribution in [3.63, 3.8) is 0 Å². The van der Waals surface area contributed by atoms with Gasteiger partial charge in [0, 0.05) is 19.7 Å². The Morgan fingerprint density at radius 2 is 1.81 bits per heavy atom. The van der Waals surface area contributed by atoms with Crippen LogP contribution in [0.2, 0.25) is 0 Å². The fourth-order valence-corrected chi connectivity index (χ4v) is 2.29. The first-order valence-electron chi connectivity index (χ1n) is 7.66. The second kappa shape index (κ2) is 10.4. The van der Waals surface area contributed by atoms with E-state index in [1.54, 1.807) is 12.0 Å². The first-order valence-corrected chi connectivity index (χ1v) is 7.66. The summed E-state index contributed by atoms with van der Waals surface area (Å²) < 4.78 is 5.04. The molecule has 0 saturated carbocycles. The summed E-state index contributed by atoms with van der Waals surface area (Å²) in [5.41, 5.74) is 0. The molecule has 0 aromatic rings. The Labute approximate surface area is 127 Å². The summed E-state index contributed by atoms with van der Waals surface area (Å²) in [4.78, 5) is 25.3. The number of urea groups is 1. The number of carboxylic acids is 1. The van der Waals surface area contributed by atoms with Crippen LogP contribution in [0.15, 0.2) is 0 Å². The van der Waals surface area contributed by atoms with E-state index in [2.05, 4.69) is 5.32 Å². The number of carbonyl (C=O) groups excluding carboxylic acids is 1. The minimum absolute atomic E-state index is 0.0913. The summed E-state index contributed by atoms with van der Waals surface area (Å²) in [6, 6.07) is -1.08. The van der Waals surface area contributed by atoms with E-state index in [4.69, 9.17) is 4.74 Å². The third-order valence-electron chi connectivity index (χ3n) is 3.48. The van der Waals surface area contributed by atoms with Crippen LogP contribution in [-0.4, -0.2) is 54.4 Å². The summed E-state index contributed by atoms with van der Waals surface area (Å²) in [6.07, 6.45) is 2.08. The van der Waals surface area contributed by atoms with E-state index in [9.17, 15) is 14.7 Å².